The van der Waals surface area contributed by atoms with Crippen molar-refractivity contribution in [3.8, 4) is 11.5 Å². The number of carbonyl (C=O) groups is 1. The molecule has 0 unspecified atom stereocenters. The van der Waals surface area contributed by atoms with Gasteiger partial charge < -0.3 is 46.5 Å². The molecule has 228 valence electrons. The fraction of sp³-hybridized carbons (Fsp3) is 0.724. The SMILES string of the molecule is CN=C(N)NC[C@H](CCNC[C@H](C)O)CC[C@H](O)C[C@@H](CCc1ccc(O)c(OC2CCNCC2)c1)OC(C)=O. The lowest BCUT2D eigenvalue weighted by Gasteiger charge is -2.25. The van der Waals surface area contributed by atoms with Gasteiger partial charge in [0.2, 0.25) is 0 Å². The number of esters is 1. The molecule has 0 saturated carbocycles. The first-order valence-corrected chi connectivity index (χ1v) is 14.6. The highest BCUT2D eigenvalue weighted by Crippen LogP contribution is 2.30. The zero-order chi connectivity index (χ0) is 29.3. The van der Waals surface area contributed by atoms with Crippen LogP contribution < -0.4 is 26.4 Å². The summed E-state index contributed by atoms with van der Waals surface area (Å²) >= 11 is 0. The van der Waals surface area contributed by atoms with Gasteiger partial charge in [0.25, 0.3) is 0 Å². The first-order valence-electron chi connectivity index (χ1n) is 14.6. The van der Waals surface area contributed by atoms with Gasteiger partial charge in [0.05, 0.1) is 12.2 Å². The number of hydrogen-bond acceptors (Lipinski definition) is 9. The number of guanidine groups is 1. The number of aliphatic hydroxyl groups excluding tert-OH is 2. The van der Waals surface area contributed by atoms with Crippen LogP contribution >= 0.6 is 0 Å². The first kappa shape index (κ1) is 33.6. The van der Waals surface area contributed by atoms with E-state index in [1.807, 2.05) is 12.1 Å². The van der Waals surface area contributed by atoms with Crippen molar-refractivity contribution in [2.45, 2.75) is 89.6 Å². The summed E-state index contributed by atoms with van der Waals surface area (Å²) in [6.45, 7) is 6.81. The Morgan fingerprint density at radius 3 is 2.60 bits per heavy atom. The van der Waals surface area contributed by atoms with Gasteiger partial charge in [-0.2, -0.15) is 0 Å². The normalized spacial score (nSPS) is 17.6. The number of phenolic OH excluding ortho intramolecular Hbond substituents is 1. The Bertz CT molecular complexity index is 894. The molecule has 1 heterocycles. The number of aliphatic imine (C=N–C) groups is 1. The number of aryl methyl sites for hydroxylation is 1. The molecule has 0 radical (unpaired) electrons. The molecular weight excluding hydrogens is 514 g/mol. The number of nitrogens with two attached hydrogens (primary N) is 1. The maximum absolute atomic E-state index is 11.8. The van der Waals surface area contributed by atoms with Gasteiger partial charge in [-0.05, 0) is 95.1 Å². The second-order valence-corrected chi connectivity index (χ2v) is 10.8. The van der Waals surface area contributed by atoms with Crippen molar-refractivity contribution in [3.05, 3.63) is 23.8 Å². The zero-order valence-electron chi connectivity index (χ0n) is 24.4. The number of nitrogens with one attached hydrogen (secondary N) is 3. The Balaban J connectivity index is 1.89. The van der Waals surface area contributed by atoms with Crippen LogP contribution in [0.1, 0.15) is 64.4 Å². The minimum absolute atomic E-state index is 0.0742. The van der Waals surface area contributed by atoms with E-state index in [4.69, 9.17) is 15.2 Å². The van der Waals surface area contributed by atoms with Crippen LogP contribution in [-0.2, 0) is 16.0 Å². The molecule has 1 aliphatic rings. The molecule has 2 rings (SSSR count). The van der Waals surface area contributed by atoms with Crippen molar-refractivity contribution in [2.75, 3.05) is 39.8 Å². The number of benzene rings is 1. The lowest BCUT2D eigenvalue weighted by Crippen LogP contribution is -2.36. The monoisotopic (exact) mass is 565 g/mol. The van der Waals surface area contributed by atoms with E-state index >= 15 is 0 Å². The van der Waals surface area contributed by atoms with Crippen molar-refractivity contribution in [3.63, 3.8) is 0 Å². The number of piperidine rings is 1. The van der Waals surface area contributed by atoms with Crippen LogP contribution in [0, 0.1) is 5.92 Å². The highest BCUT2D eigenvalue weighted by molar-refractivity contribution is 5.77. The molecular formula is C29H51N5O6. The summed E-state index contributed by atoms with van der Waals surface area (Å²) in [6, 6.07) is 5.34. The number of nitrogens with zero attached hydrogens (tertiary/aromatic N) is 1. The Morgan fingerprint density at radius 2 is 1.93 bits per heavy atom. The molecule has 11 heteroatoms. The molecule has 1 aromatic carbocycles. The van der Waals surface area contributed by atoms with E-state index in [9.17, 15) is 20.1 Å². The molecule has 11 nitrogen and oxygen atoms in total. The lowest BCUT2D eigenvalue weighted by molar-refractivity contribution is -0.148. The lowest BCUT2D eigenvalue weighted by atomic mass is 9.94. The van der Waals surface area contributed by atoms with Gasteiger partial charge >= 0.3 is 5.97 Å². The van der Waals surface area contributed by atoms with Crippen molar-refractivity contribution in [1.29, 1.82) is 0 Å². The number of phenols is 1. The fourth-order valence-corrected chi connectivity index (χ4v) is 4.83. The highest BCUT2D eigenvalue weighted by Gasteiger charge is 2.21. The van der Waals surface area contributed by atoms with Gasteiger partial charge in [0.1, 0.15) is 12.2 Å². The van der Waals surface area contributed by atoms with Crippen LogP contribution in [0.25, 0.3) is 0 Å². The molecule has 8 N–H and O–H groups in total. The van der Waals surface area contributed by atoms with Crippen molar-refractivity contribution < 1.29 is 29.6 Å². The average Bonchev–Trinajstić information content (AvgIpc) is 2.92. The van der Waals surface area contributed by atoms with E-state index in [-0.39, 0.29) is 23.7 Å². The molecule has 0 aliphatic carbocycles. The molecule has 0 spiro atoms. The van der Waals surface area contributed by atoms with Gasteiger partial charge in [-0.25, -0.2) is 0 Å². The molecule has 1 fully saturated rings. The first-order chi connectivity index (χ1) is 19.2. The molecule has 1 aromatic rings. The van der Waals surface area contributed by atoms with Gasteiger partial charge in [0, 0.05) is 33.5 Å². The smallest absolute Gasteiger partial charge is 0.302 e. The highest BCUT2D eigenvalue weighted by atomic mass is 16.5. The van der Waals surface area contributed by atoms with Crippen LogP contribution in [0.5, 0.6) is 11.5 Å². The molecule has 0 amide bonds. The number of aliphatic hydroxyl groups is 2. The number of ether oxygens (including phenoxy) is 2. The summed E-state index contributed by atoms with van der Waals surface area (Å²) < 4.78 is 11.6. The van der Waals surface area contributed by atoms with E-state index in [0.717, 1.165) is 50.9 Å². The fourth-order valence-electron chi connectivity index (χ4n) is 4.83. The van der Waals surface area contributed by atoms with E-state index in [1.165, 1.54) is 6.92 Å². The molecule has 40 heavy (non-hydrogen) atoms. The number of rotatable bonds is 18. The second kappa shape index (κ2) is 18.7. The Hall–Kier alpha value is -2.60. The summed E-state index contributed by atoms with van der Waals surface area (Å²) in [4.78, 5) is 15.7. The zero-order valence-corrected chi connectivity index (χ0v) is 24.4. The van der Waals surface area contributed by atoms with Gasteiger partial charge in [0.15, 0.2) is 17.5 Å². The topological polar surface area (TPSA) is 171 Å². The Kier molecular flexibility index (Phi) is 15.7. The summed E-state index contributed by atoms with van der Waals surface area (Å²) in [6.07, 6.45) is 4.05. The van der Waals surface area contributed by atoms with Crippen molar-refractivity contribution in [2.24, 2.45) is 16.6 Å². The minimum atomic E-state index is -0.631. The van der Waals surface area contributed by atoms with Crippen molar-refractivity contribution in [1.82, 2.24) is 16.0 Å². The quantitative estimate of drug-likeness (QED) is 0.0598. The largest absolute Gasteiger partial charge is 0.504 e. The molecule has 4 atom stereocenters. The van der Waals surface area contributed by atoms with Crippen LogP contribution in [-0.4, -0.2) is 91.4 Å². The predicted molar refractivity (Wildman–Crippen MR) is 157 cm³/mol. The molecule has 0 bridgehead atoms. The van der Waals surface area contributed by atoms with Crippen LogP contribution in [0.3, 0.4) is 0 Å². The summed E-state index contributed by atoms with van der Waals surface area (Å²) in [5.41, 5.74) is 6.77. The predicted octanol–water partition coefficient (Wildman–Crippen LogP) is 1.43. The Morgan fingerprint density at radius 1 is 1.18 bits per heavy atom. The standard InChI is InChI=1S/C29H51N5O6/c1-20(35)18-33-13-10-23(19-34-29(30)31-3)4-7-24(37)17-26(39-21(2)36)8-5-22-6-9-27(38)28(16-22)40-25-11-14-32-15-12-25/h6,9,16,20,23-26,32-33,35,37-38H,4-5,7-8,10-15,17-19H2,1-3H3,(H3,30,31,34)/t20-,23-,24-,26+/m0/s1. The van der Waals surface area contributed by atoms with E-state index < -0.39 is 18.3 Å². The van der Waals surface area contributed by atoms with Crippen molar-refractivity contribution >= 4 is 11.9 Å². The molecule has 1 saturated heterocycles. The summed E-state index contributed by atoms with van der Waals surface area (Å²) in [5.74, 6) is 0.824. The van der Waals surface area contributed by atoms with Crippen LogP contribution in [0.2, 0.25) is 0 Å². The third-order valence-electron chi connectivity index (χ3n) is 7.12. The number of hydrogen-bond donors (Lipinski definition) is 7. The molecule has 0 aromatic heterocycles. The van der Waals surface area contributed by atoms with Crippen LogP contribution in [0.4, 0.5) is 0 Å². The maximum atomic E-state index is 11.8. The van der Waals surface area contributed by atoms with Crippen LogP contribution in [0.15, 0.2) is 23.2 Å². The van der Waals surface area contributed by atoms with E-state index in [2.05, 4.69) is 20.9 Å². The van der Waals surface area contributed by atoms with E-state index in [1.54, 1.807) is 20.0 Å². The van der Waals surface area contributed by atoms with Gasteiger partial charge in [-0.3, -0.25) is 9.79 Å². The second-order valence-electron chi connectivity index (χ2n) is 10.8. The number of aromatic hydroxyl groups is 1. The maximum Gasteiger partial charge on any atom is 0.302 e. The molecule has 1 aliphatic heterocycles. The van der Waals surface area contributed by atoms with Gasteiger partial charge in [-0.1, -0.05) is 6.07 Å². The third-order valence-corrected chi connectivity index (χ3v) is 7.12. The minimum Gasteiger partial charge on any atom is -0.504 e. The average molecular weight is 566 g/mol. The van der Waals surface area contributed by atoms with Gasteiger partial charge in [-0.15, -0.1) is 0 Å². The van der Waals surface area contributed by atoms with E-state index in [0.29, 0.717) is 50.5 Å². The third kappa shape index (κ3) is 14.2. The summed E-state index contributed by atoms with van der Waals surface area (Å²) in [7, 11) is 1.63. The Labute approximate surface area is 238 Å². The summed E-state index contributed by atoms with van der Waals surface area (Å²) in [5, 5.41) is 40.2. The number of carbonyl (C=O) groups excluding carboxylic acids is 1.